The van der Waals surface area contributed by atoms with E-state index in [1.165, 1.54) is 16.7 Å². The van der Waals surface area contributed by atoms with Gasteiger partial charge in [0.15, 0.2) is 5.76 Å². The van der Waals surface area contributed by atoms with Crippen LogP contribution in [0, 0.1) is 0 Å². The van der Waals surface area contributed by atoms with Gasteiger partial charge in [-0.05, 0) is 96.6 Å². The number of hydrogen-bond donors (Lipinski definition) is 1. The van der Waals surface area contributed by atoms with E-state index in [0.29, 0.717) is 23.3 Å². The number of carbonyl (C=O) groups is 1. The first kappa shape index (κ1) is 27.9. The monoisotopic (exact) mass is 462 g/mol. The lowest BCUT2D eigenvalue weighted by atomic mass is 9.79. The van der Waals surface area contributed by atoms with E-state index in [2.05, 4.69) is 72.7 Å². The number of Topliss-reactive ketones (excluding diaryl/α,β-unsaturated/α-hetero) is 1. The molecular formula is C32H46O2. The van der Waals surface area contributed by atoms with Crippen LogP contribution in [-0.2, 0) is 6.42 Å². The molecule has 2 nitrogen and oxygen atoms in total. The van der Waals surface area contributed by atoms with Crippen molar-refractivity contribution in [3.63, 3.8) is 0 Å². The van der Waals surface area contributed by atoms with Gasteiger partial charge in [-0.25, -0.2) is 0 Å². The second-order valence-corrected chi connectivity index (χ2v) is 9.52. The van der Waals surface area contributed by atoms with Crippen molar-refractivity contribution >= 4 is 11.9 Å². The number of aliphatic hydroxyl groups excluding tert-OH is 1. The fourth-order valence-electron chi connectivity index (χ4n) is 5.44. The van der Waals surface area contributed by atoms with Crippen molar-refractivity contribution in [2.45, 2.75) is 111 Å². The molecule has 0 heterocycles. The molecule has 0 saturated carbocycles. The third-order valence-electron chi connectivity index (χ3n) is 7.71. The van der Waals surface area contributed by atoms with E-state index in [1.807, 2.05) is 12.1 Å². The molecule has 0 bridgehead atoms. The molecule has 0 aliphatic rings. The summed E-state index contributed by atoms with van der Waals surface area (Å²) >= 11 is 0. The summed E-state index contributed by atoms with van der Waals surface area (Å²) in [6.45, 7) is 15.4. The summed E-state index contributed by atoms with van der Waals surface area (Å²) in [7, 11) is 0. The van der Waals surface area contributed by atoms with Gasteiger partial charge in [0.1, 0.15) is 0 Å². The maximum atomic E-state index is 13.7. The van der Waals surface area contributed by atoms with Crippen LogP contribution < -0.4 is 0 Å². The van der Waals surface area contributed by atoms with Crippen molar-refractivity contribution in [1.82, 2.24) is 0 Å². The van der Waals surface area contributed by atoms with Gasteiger partial charge in [-0.1, -0.05) is 84.9 Å². The van der Waals surface area contributed by atoms with Gasteiger partial charge in [-0.2, -0.15) is 0 Å². The van der Waals surface area contributed by atoms with Crippen LogP contribution in [0.15, 0.2) is 42.2 Å². The highest BCUT2D eigenvalue weighted by Gasteiger charge is 2.25. The maximum Gasteiger partial charge on any atom is 0.227 e. The number of aryl methyl sites for hydroxylation is 1. The summed E-state index contributed by atoms with van der Waals surface area (Å²) in [6.07, 6.45) is 8.77. The van der Waals surface area contributed by atoms with Crippen molar-refractivity contribution < 1.29 is 9.90 Å². The normalized spacial score (nSPS) is 12.2. The summed E-state index contributed by atoms with van der Waals surface area (Å²) in [5.41, 5.74) is 6.50. The van der Waals surface area contributed by atoms with Crippen molar-refractivity contribution in [3.05, 3.63) is 75.5 Å². The molecule has 0 unspecified atom stereocenters. The molecule has 2 aromatic rings. The zero-order valence-corrected chi connectivity index (χ0v) is 22.6. The first-order valence-electron chi connectivity index (χ1n) is 13.6. The van der Waals surface area contributed by atoms with E-state index in [4.69, 9.17) is 0 Å². The Morgan fingerprint density at radius 1 is 0.765 bits per heavy atom. The predicted molar refractivity (Wildman–Crippen MR) is 147 cm³/mol. The zero-order valence-electron chi connectivity index (χ0n) is 22.6. The van der Waals surface area contributed by atoms with Crippen LogP contribution in [0.25, 0.3) is 6.08 Å². The van der Waals surface area contributed by atoms with Crippen LogP contribution in [0.2, 0.25) is 0 Å². The molecule has 0 aliphatic carbocycles. The predicted octanol–water partition coefficient (Wildman–Crippen LogP) is 9.74. The summed E-state index contributed by atoms with van der Waals surface area (Å²) in [5, 5.41) is 11.1. The minimum Gasteiger partial charge on any atom is -0.504 e. The van der Waals surface area contributed by atoms with Gasteiger partial charge in [0.05, 0.1) is 0 Å². The van der Waals surface area contributed by atoms with Crippen molar-refractivity contribution in [3.8, 4) is 0 Å². The molecule has 0 aliphatic heterocycles. The quantitative estimate of drug-likeness (QED) is 0.183. The molecular weight excluding hydrogens is 416 g/mol. The molecule has 2 rings (SSSR count). The smallest absolute Gasteiger partial charge is 0.227 e. The SMILES string of the molecule is CCc1ccc(C(CC)CC)c(/C=C(\O)C(=O)c2cccc(C(CC)CC)c2C(CC)CC)c1. The van der Waals surface area contributed by atoms with Gasteiger partial charge in [0, 0.05) is 5.56 Å². The Morgan fingerprint density at radius 3 is 1.85 bits per heavy atom. The number of benzene rings is 2. The molecule has 0 saturated heterocycles. The average Bonchev–Trinajstić information content (AvgIpc) is 2.87. The summed E-state index contributed by atoms with van der Waals surface area (Å²) in [5.74, 6) is 0.740. The molecule has 0 radical (unpaired) electrons. The van der Waals surface area contributed by atoms with Gasteiger partial charge in [0.2, 0.25) is 5.78 Å². The molecule has 2 heteroatoms. The van der Waals surface area contributed by atoms with Crippen molar-refractivity contribution in [2.75, 3.05) is 0 Å². The molecule has 0 aromatic heterocycles. The standard InChI is InChI=1S/C32H46O2/c1-8-22-18-19-27(23(9-2)10-3)26(20-22)21-30(33)32(34)29-17-15-16-28(24(11-4)12-5)31(29)25(13-6)14-7/h15-21,23-25,33H,8-14H2,1-7H3/b30-21-. The summed E-state index contributed by atoms with van der Waals surface area (Å²) in [6, 6.07) is 12.6. The van der Waals surface area contributed by atoms with Crippen LogP contribution in [0.4, 0.5) is 0 Å². The van der Waals surface area contributed by atoms with Crippen LogP contribution in [0.1, 0.15) is 143 Å². The topological polar surface area (TPSA) is 37.3 Å². The van der Waals surface area contributed by atoms with Gasteiger partial charge in [-0.15, -0.1) is 0 Å². The highest BCUT2D eigenvalue weighted by molar-refractivity contribution is 6.10. The zero-order chi connectivity index (χ0) is 25.3. The number of allylic oxidation sites excluding steroid dienone is 1. The Bertz CT molecular complexity index is 957. The Balaban J connectivity index is 2.65. The van der Waals surface area contributed by atoms with E-state index in [9.17, 15) is 9.90 Å². The molecule has 0 amide bonds. The Morgan fingerprint density at radius 2 is 1.32 bits per heavy atom. The minimum absolute atomic E-state index is 0.158. The first-order chi connectivity index (χ1) is 16.4. The van der Waals surface area contributed by atoms with Gasteiger partial charge in [0.25, 0.3) is 0 Å². The highest BCUT2D eigenvalue weighted by Crippen LogP contribution is 2.37. The van der Waals surface area contributed by atoms with E-state index in [-0.39, 0.29) is 11.5 Å². The fraction of sp³-hybridized carbons (Fsp3) is 0.531. The fourth-order valence-corrected chi connectivity index (χ4v) is 5.44. The lowest BCUT2D eigenvalue weighted by Crippen LogP contribution is -2.14. The largest absolute Gasteiger partial charge is 0.504 e. The molecule has 1 N–H and O–H groups in total. The van der Waals surface area contributed by atoms with E-state index in [0.717, 1.165) is 56.1 Å². The van der Waals surface area contributed by atoms with E-state index >= 15 is 0 Å². The number of rotatable bonds is 13. The summed E-state index contributed by atoms with van der Waals surface area (Å²) in [4.78, 5) is 13.7. The number of ketones is 1. The van der Waals surface area contributed by atoms with Crippen LogP contribution >= 0.6 is 0 Å². The van der Waals surface area contributed by atoms with E-state index in [1.54, 1.807) is 6.08 Å². The highest BCUT2D eigenvalue weighted by atomic mass is 16.3. The molecule has 186 valence electrons. The van der Waals surface area contributed by atoms with E-state index < -0.39 is 0 Å². The second-order valence-electron chi connectivity index (χ2n) is 9.52. The molecule has 2 aromatic carbocycles. The lowest BCUT2D eigenvalue weighted by Gasteiger charge is -2.25. The van der Waals surface area contributed by atoms with Crippen molar-refractivity contribution in [1.29, 1.82) is 0 Å². The number of carbonyl (C=O) groups excluding carboxylic acids is 1. The number of aliphatic hydroxyl groups is 1. The van der Waals surface area contributed by atoms with Gasteiger partial charge < -0.3 is 5.11 Å². The molecule has 0 atom stereocenters. The van der Waals surface area contributed by atoms with Crippen LogP contribution in [-0.4, -0.2) is 10.9 Å². The lowest BCUT2D eigenvalue weighted by molar-refractivity contribution is 0.0978. The minimum atomic E-state index is -0.257. The van der Waals surface area contributed by atoms with Gasteiger partial charge >= 0.3 is 0 Å². The molecule has 0 spiro atoms. The molecule has 34 heavy (non-hydrogen) atoms. The Hall–Kier alpha value is -2.35. The first-order valence-corrected chi connectivity index (χ1v) is 13.6. The number of hydrogen-bond acceptors (Lipinski definition) is 2. The Kier molecular flexibility index (Phi) is 11.1. The second kappa shape index (κ2) is 13.5. The Labute approximate surface area is 208 Å². The van der Waals surface area contributed by atoms with Crippen LogP contribution in [0.3, 0.4) is 0 Å². The summed E-state index contributed by atoms with van der Waals surface area (Å²) < 4.78 is 0. The average molecular weight is 463 g/mol. The third-order valence-corrected chi connectivity index (χ3v) is 7.71. The van der Waals surface area contributed by atoms with Crippen molar-refractivity contribution in [2.24, 2.45) is 0 Å². The van der Waals surface area contributed by atoms with Gasteiger partial charge in [-0.3, -0.25) is 4.79 Å². The van der Waals surface area contributed by atoms with Crippen LogP contribution in [0.5, 0.6) is 0 Å². The third kappa shape index (κ3) is 6.20. The molecule has 0 fully saturated rings. The maximum absolute atomic E-state index is 13.7.